The molecule has 0 saturated heterocycles. The zero-order valence-electron chi connectivity index (χ0n) is 14.6. The van der Waals surface area contributed by atoms with Crippen molar-refractivity contribution in [1.29, 1.82) is 5.26 Å². The third-order valence-electron chi connectivity index (χ3n) is 3.93. The predicted octanol–water partition coefficient (Wildman–Crippen LogP) is 4.55. The van der Waals surface area contributed by atoms with E-state index in [1.165, 1.54) is 6.07 Å². The van der Waals surface area contributed by atoms with Gasteiger partial charge in [0.05, 0.1) is 0 Å². The summed E-state index contributed by atoms with van der Waals surface area (Å²) in [4.78, 5) is 12.4. The molecule has 2 rings (SSSR count). The van der Waals surface area contributed by atoms with Crippen LogP contribution in [0, 0.1) is 23.0 Å². The maximum absolute atomic E-state index is 13.6. The second-order valence-electron chi connectivity index (χ2n) is 5.52. The monoisotopic (exact) mass is 355 g/mol. The molecule has 0 aliphatic carbocycles. The first kappa shape index (κ1) is 19.1. The van der Waals surface area contributed by atoms with Crippen LogP contribution in [0.2, 0.25) is 0 Å². The third kappa shape index (κ3) is 4.25. The molecule has 26 heavy (non-hydrogen) atoms. The minimum absolute atomic E-state index is 0.291. The van der Waals surface area contributed by atoms with Crippen molar-refractivity contribution in [3.05, 3.63) is 70.9 Å². The van der Waals surface area contributed by atoms with Crippen LogP contribution in [0.25, 0.3) is 0 Å². The number of nitriles is 1. The summed E-state index contributed by atoms with van der Waals surface area (Å²) in [5, 5.41) is 14.3. The quantitative estimate of drug-likeness (QED) is 0.590. The van der Waals surface area contributed by atoms with Crippen molar-refractivity contribution in [2.45, 2.75) is 26.7 Å². The number of anilines is 2. The van der Waals surface area contributed by atoms with Gasteiger partial charge in [-0.1, -0.05) is 38.1 Å². The molecule has 0 bridgehead atoms. The van der Waals surface area contributed by atoms with Gasteiger partial charge in [-0.25, -0.2) is 8.78 Å². The molecular weight excluding hydrogens is 336 g/mol. The van der Waals surface area contributed by atoms with Crippen LogP contribution in [0.1, 0.15) is 25.0 Å². The molecule has 2 aromatic rings. The van der Waals surface area contributed by atoms with Gasteiger partial charge in [0.1, 0.15) is 29.0 Å². The van der Waals surface area contributed by atoms with Gasteiger partial charge in [-0.15, -0.1) is 0 Å². The number of para-hydroxylation sites is 2. The number of carbonyl (C=O) groups excluding carboxylic acids is 1. The van der Waals surface area contributed by atoms with Crippen molar-refractivity contribution < 1.29 is 13.6 Å². The van der Waals surface area contributed by atoms with Gasteiger partial charge in [-0.3, -0.25) is 4.79 Å². The first-order valence-corrected chi connectivity index (χ1v) is 8.24. The summed E-state index contributed by atoms with van der Waals surface area (Å²) in [6.45, 7) is 3.93. The van der Waals surface area contributed by atoms with Gasteiger partial charge in [0.2, 0.25) is 0 Å². The number of carbonyl (C=O) groups is 1. The van der Waals surface area contributed by atoms with Crippen molar-refractivity contribution in [2.75, 3.05) is 10.6 Å². The topological polar surface area (TPSA) is 64.9 Å². The van der Waals surface area contributed by atoms with Crippen molar-refractivity contribution in [1.82, 2.24) is 0 Å². The highest BCUT2D eigenvalue weighted by Gasteiger charge is 2.15. The lowest BCUT2D eigenvalue weighted by atomic mass is 10.0. The summed E-state index contributed by atoms with van der Waals surface area (Å²) < 4.78 is 27.3. The lowest BCUT2D eigenvalue weighted by Crippen LogP contribution is -2.17. The maximum atomic E-state index is 13.6. The second-order valence-corrected chi connectivity index (χ2v) is 5.52. The molecule has 0 spiro atoms. The summed E-state index contributed by atoms with van der Waals surface area (Å²) in [7, 11) is 0. The van der Waals surface area contributed by atoms with E-state index in [9.17, 15) is 18.8 Å². The first-order valence-electron chi connectivity index (χ1n) is 8.24. The fourth-order valence-electron chi connectivity index (χ4n) is 2.51. The van der Waals surface area contributed by atoms with Crippen LogP contribution in [0.15, 0.2) is 48.2 Å². The SMILES string of the molecule is CCc1cccc(CC)c1NC(=O)/C(C#N)=C\Nc1c(F)cccc1F. The van der Waals surface area contributed by atoms with E-state index in [1.807, 2.05) is 32.0 Å². The molecule has 0 aromatic heterocycles. The number of nitrogens with one attached hydrogen (secondary N) is 2. The molecule has 0 radical (unpaired) electrons. The van der Waals surface area contributed by atoms with E-state index in [1.54, 1.807) is 6.07 Å². The smallest absolute Gasteiger partial charge is 0.267 e. The summed E-state index contributed by atoms with van der Waals surface area (Å²) in [5.74, 6) is -2.28. The van der Waals surface area contributed by atoms with E-state index >= 15 is 0 Å². The predicted molar refractivity (Wildman–Crippen MR) is 97.5 cm³/mol. The Morgan fingerprint density at radius 3 is 2.08 bits per heavy atom. The Labute approximate surface area is 151 Å². The molecule has 4 nitrogen and oxygen atoms in total. The molecule has 2 aromatic carbocycles. The second kappa shape index (κ2) is 8.77. The maximum Gasteiger partial charge on any atom is 0.267 e. The van der Waals surface area contributed by atoms with Crippen LogP contribution in [-0.4, -0.2) is 5.91 Å². The average molecular weight is 355 g/mol. The minimum Gasteiger partial charge on any atom is -0.355 e. The standard InChI is InChI=1S/C20H19F2N3O/c1-3-13-7-5-8-14(4-2)18(13)25-20(26)15(11-23)12-24-19-16(21)9-6-10-17(19)22/h5-10,12,24H,3-4H2,1-2H3,(H,25,26)/b15-12-. The van der Waals surface area contributed by atoms with Gasteiger partial charge in [0.25, 0.3) is 5.91 Å². The highest BCUT2D eigenvalue weighted by molar-refractivity contribution is 6.07. The van der Waals surface area contributed by atoms with E-state index in [4.69, 9.17) is 0 Å². The van der Waals surface area contributed by atoms with Gasteiger partial charge in [-0.2, -0.15) is 5.26 Å². The molecule has 0 aliphatic heterocycles. The van der Waals surface area contributed by atoms with Crippen molar-refractivity contribution >= 4 is 17.3 Å². The normalized spacial score (nSPS) is 11.0. The number of amides is 1. The lowest BCUT2D eigenvalue weighted by Gasteiger charge is -2.14. The van der Waals surface area contributed by atoms with Crippen LogP contribution < -0.4 is 10.6 Å². The molecule has 1 amide bonds. The molecule has 2 N–H and O–H groups in total. The number of hydrogen-bond acceptors (Lipinski definition) is 3. The van der Waals surface area contributed by atoms with Gasteiger partial charge < -0.3 is 10.6 Å². The first-order chi connectivity index (χ1) is 12.5. The molecule has 134 valence electrons. The Balaban J connectivity index is 2.26. The van der Waals surface area contributed by atoms with E-state index in [-0.39, 0.29) is 5.57 Å². The zero-order valence-corrected chi connectivity index (χ0v) is 14.6. The molecule has 0 heterocycles. The molecule has 0 atom stereocenters. The summed E-state index contributed by atoms with van der Waals surface area (Å²) in [6, 6.07) is 10.8. The highest BCUT2D eigenvalue weighted by atomic mass is 19.1. The fourth-order valence-corrected chi connectivity index (χ4v) is 2.51. The zero-order chi connectivity index (χ0) is 19.1. The van der Waals surface area contributed by atoms with Gasteiger partial charge in [-0.05, 0) is 36.1 Å². The Morgan fingerprint density at radius 2 is 1.58 bits per heavy atom. The Hall–Kier alpha value is -3.20. The minimum atomic E-state index is -0.816. The van der Waals surface area contributed by atoms with Crippen LogP contribution in [0.3, 0.4) is 0 Å². The van der Waals surface area contributed by atoms with Crippen molar-refractivity contribution in [2.24, 2.45) is 0 Å². The van der Waals surface area contributed by atoms with Gasteiger partial charge in [0, 0.05) is 11.9 Å². The number of hydrogen-bond donors (Lipinski definition) is 2. The Morgan fingerprint density at radius 1 is 1.04 bits per heavy atom. The number of rotatable bonds is 6. The summed E-state index contributed by atoms with van der Waals surface area (Å²) in [6.07, 6.45) is 2.43. The van der Waals surface area contributed by atoms with E-state index in [0.717, 1.165) is 29.5 Å². The largest absolute Gasteiger partial charge is 0.355 e. The van der Waals surface area contributed by atoms with Crippen molar-refractivity contribution in [3.8, 4) is 6.07 Å². The summed E-state index contributed by atoms with van der Waals surface area (Å²) >= 11 is 0. The molecule has 0 unspecified atom stereocenters. The molecule has 0 saturated carbocycles. The molecule has 6 heteroatoms. The third-order valence-corrected chi connectivity index (χ3v) is 3.93. The number of benzene rings is 2. The highest BCUT2D eigenvalue weighted by Crippen LogP contribution is 2.23. The molecular formula is C20H19F2N3O. The molecule has 0 aliphatic rings. The van der Waals surface area contributed by atoms with Crippen LogP contribution in [-0.2, 0) is 17.6 Å². The van der Waals surface area contributed by atoms with E-state index < -0.39 is 23.2 Å². The number of aryl methyl sites for hydroxylation is 2. The van der Waals surface area contributed by atoms with Crippen molar-refractivity contribution in [3.63, 3.8) is 0 Å². The van der Waals surface area contributed by atoms with Crippen LogP contribution in [0.4, 0.5) is 20.2 Å². The number of nitrogens with zero attached hydrogens (tertiary/aromatic N) is 1. The van der Waals surface area contributed by atoms with Gasteiger partial charge >= 0.3 is 0 Å². The summed E-state index contributed by atoms with van der Waals surface area (Å²) in [5.41, 5.74) is 1.85. The van der Waals surface area contributed by atoms with Crippen LogP contribution >= 0.6 is 0 Å². The lowest BCUT2D eigenvalue weighted by molar-refractivity contribution is -0.112. The Kier molecular flexibility index (Phi) is 6.45. The van der Waals surface area contributed by atoms with Gasteiger partial charge in [0.15, 0.2) is 0 Å². The van der Waals surface area contributed by atoms with E-state index in [2.05, 4.69) is 10.6 Å². The van der Waals surface area contributed by atoms with Crippen LogP contribution in [0.5, 0.6) is 0 Å². The van der Waals surface area contributed by atoms with E-state index in [0.29, 0.717) is 18.5 Å². The molecule has 0 fully saturated rings. The fraction of sp³-hybridized carbons (Fsp3) is 0.200. The number of halogens is 2. The average Bonchev–Trinajstić information content (AvgIpc) is 2.64. The Bertz CT molecular complexity index is 843.